The van der Waals surface area contributed by atoms with Gasteiger partial charge in [0, 0.05) is 20.9 Å². The highest BCUT2D eigenvalue weighted by Gasteiger charge is 2.30. The van der Waals surface area contributed by atoms with Gasteiger partial charge in [-0.05, 0) is 90.7 Å². The zero-order chi connectivity index (χ0) is 46.5. The van der Waals surface area contributed by atoms with Gasteiger partial charge in [0.15, 0.2) is 0 Å². The van der Waals surface area contributed by atoms with E-state index >= 15 is 0 Å². The number of rotatable bonds is 23. The first-order valence-corrected chi connectivity index (χ1v) is 22.9. The summed E-state index contributed by atoms with van der Waals surface area (Å²) in [7, 11) is 0. The quantitative estimate of drug-likeness (QED) is 0.0551. The van der Waals surface area contributed by atoms with Crippen LogP contribution in [0.2, 0.25) is 0 Å². The molecule has 14 heteroatoms. The monoisotopic (exact) mass is 1010 g/mol. The fourth-order valence-corrected chi connectivity index (χ4v) is 7.22. The Balaban J connectivity index is 0.000000417. The summed E-state index contributed by atoms with van der Waals surface area (Å²) in [6, 6.07) is 27.6. The number of hydrogen-bond donors (Lipinski definition) is 3. The van der Waals surface area contributed by atoms with Crippen molar-refractivity contribution in [3.05, 3.63) is 140 Å². The Morgan fingerprint density at radius 2 is 1.17 bits per heavy atom. The first-order valence-electron chi connectivity index (χ1n) is 21.3. The zero-order valence-electron chi connectivity index (χ0n) is 35.9. The van der Waals surface area contributed by atoms with Crippen molar-refractivity contribution in [2.75, 3.05) is 13.2 Å². The Kier molecular flexibility index (Phi) is 21.2. The van der Waals surface area contributed by atoms with Crippen molar-refractivity contribution < 1.29 is 52.0 Å². The number of halogens is 5. The van der Waals surface area contributed by atoms with Gasteiger partial charge in [0.05, 0.1) is 24.3 Å². The maximum atomic E-state index is 13.2. The van der Waals surface area contributed by atoms with Gasteiger partial charge in [0.25, 0.3) is 5.91 Å². The van der Waals surface area contributed by atoms with Crippen LogP contribution in [0.1, 0.15) is 110 Å². The van der Waals surface area contributed by atoms with Gasteiger partial charge in [-0.15, -0.1) is 0 Å². The molecule has 0 radical (unpaired) electrons. The molecular weight excluding hydrogens is 959 g/mol. The number of carbonyl (C=O) groups excluding carboxylic acids is 1. The van der Waals surface area contributed by atoms with Crippen LogP contribution in [0.25, 0.3) is 11.1 Å². The molecule has 9 nitrogen and oxygen atoms in total. The molecule has 5 aromatic rings. The van der Waals surface area contributed by atoms with Gasteiger partial charge in [-0.2, -0.15) is 13.2 Å². The minimum Gasteiger partial charge on any atom is -0.493 e. The predicted molar refractivity (Wildman–Crippen MR) is 250 cm³/mol. The average Bonchev–Trinajstić information content (AvgIpc) is 3.27. The molecule has 1 unspecified atom stereocenters. The standard InChI is InChI=1S/C36H35BrF3NO5.C14H19BrO3/c1-2-3-4-5-8-21-45-32-20-17-27(37)23-30(32)34(42)41-31(35(43)44)22-24-11-13-25(14-12-24)29-9-6-7-10-33(29)46-28-18-15-26(16-19-28)36(38,39)40;1-2-3-4-5-6-9-18-13-8-7-11(15)10-12(13)14(16)17/h6-7,9-20,23,31H,2-5,8,21-22H2,1H3,(H,41,42)(H,43,44);7-8,10H,2-6,9H2,1H3,(H,16,17). The van der Waals surface area contributed by atoms with Gasteiger partial charge >= 0.3 is 18.1 Å². The van der Waals surface area contributed by atoms with Gasteiger partial charge in [-0.25, -0.2) is 9.59 Å². The van der Waals surface area contributed by atoms with E-state index in [-0.39, 0.29) is 23.3 Å². The topological polar surface area (TPSA) is 131 Å². The molecule has 64 heavy (non-hydrogen) atoms. The lowest BCUT2D eigenvalue weighted by molar-refractivity contribution is -0.139. The third-order valence-corrected chi connectivity index (χ3v) is 11.0. The van der Waals surface area contributed by atoms with Crippen molar-refractivity contribution in [3.63, 3.8) is 0 Å². The number of carbonyl (C=O) groups is 3. The lowest BCUT2D eigenvalue weighted by Crippen LogP contribution is -2.42. The number of nitrogens with one attached hydrogen (secondary N) is 1. The summed E-state index contributed by atoms with van der Waals surface area (Å²) in [5.74, 6) is -1.16. The van der Waals surface area contributed by atoms with E-state index in [1.54, 1.807) is 72.8 Å². The number of amides is 1. The van der Waals surface area contributed by atoms with Gasteiger partial charge < -0.3 is 29.7 Å². The van der Waals surface area contributed by atoms with Crippen LogP contribution in [0, 0.1) is 0 Å². The first kappa shape index (κ1) is 51.3. The summed E-state index contributed by atoms with van der Waals surface area (Å²) < 4.78 is 57.6. The molecule has 3 N–H and O–H groups in total. The average molecular weight is 1010 g/mol. The van der Waals surface area contributed by atoms with Crippen LogP contribution in [-0.4, -0.2) is 47.3 Å². The minimum atomic E-state index is -4.44. The summed E-state index contributed by atoms with van der Waals surface area (Å²) in [6.07, 6.45) is 6.70. The highest BCUT2D eigenvalue weighted by molar-refractivity contribution is 9.10. The van der Waals surface area contributed by atoms with E-state index in [1.165, 1.54) is 37.8 Å². The number of hydrogen-bond acceptors (Lipinski definition) is 6. The molecule has 0 fully saturated rings. The Hall–Kier alpha value is -5.34. The van der Waals surface area contributed by atoms with Crippen molar-refractivity contribution in [1.29, 1.82) is 0 Å². The Morgan fingerprint density at radius 1 is 0.641 bits per heavy atom. The van der Waals surface area contributed by atoms with Crippen LogP contribution in [0.3, 0.4) is 0 Å². The third-order valence-electron chi connectivity index (χ3n) is 9.97. The summed E-state index contributed by atoms with van der Waals surface area (Å²) in [5.41, 5.74) is 1.82. The van der Waals surface area contributed by atoms with Crippen LogP contribution >= 0.6 is 31.9 Å². The van der Waals surface area contributed by atoms with Crippen molar-refractivity contribution in [2.24, 2.45) is 0 Å². The predicted octanol–water partition coefficient (Wildman–Crippen LogP) is 14.2. The third kappa shape index (κ3) is 17.0. The van der Waals surface area contributed by atoms with Gasteiger partial charge in [0.1, 0.15) is 34.6 Å². The number of benzene rings is 5. The molecule has 0 spiro atoms. The zero-order valence-corrected chi connectivity index (χ0v) is 39.1. The molecule has 0 heterocycles. The fourth-order valence-electron chi connectivity index (χ4n) is 6.50. The van der Waals surface area contributed by atoms with E-state index in [9.17, 15) is 32.7 Å². The van der Waals surface area contributed by atoms with E-state index in [4.69, 9.17) is 19.3 Å². The van der Waals surface area contributed by atoms with E-state index in [0.29, 0.717) is 46.1 Å². The summed E-state index contributed by atoms with van der Waals surface area (Å²) in [4.78, 5) is 36.5. The molecular formula is C50H54Br2F3NO8. The second kappa shape index (κ2) is 26.4. The van der Waals surface area contributed by atoms with Crippen molar-refractivity contribution in [3.8, 4) is 34.1 Å². The van der Waals surface area contributed by atoms with Crippen LogP contribution in [0.4, 0.5) is 13.2 Å². The molecule has 5 aromatic carbocycles. The van der Waals surface area contributed by atoms with E-state index in [1.807, 2.05) is 12.1 Å². The van der Waals surface area contributed by atoms with Crippen molar-refractivity contribution >= 4 is 49.7 Å². The fraction of sp³-hybridized carbons (Fsp3) is 0.340. The van der Waals surface area contributed by atoms with Gasteiger partial charge in [0.2, 0.25) is 0 Å². The summed E-state index contributed by atoms with van der Waals surface area (Å²) in [5, 5.41) is 21.6. The SMILES string of the molecule is CCCCCCCOc1ccc(Br)cc1C(=O)NC(Cc1ccc(-c2ccccc2Oc2ccc(C(F)(F)F)cc2)cc1)C(=O)O.CCCCCCCOc1ccc(Br)cc1C(=O)O. The Labute approximate surface area is 389 Å². The maximum absolute atomic E-state index is 13.2. The van der Waals surface area contributed by atoms with Crippen LogP contribution in [-0.2, 0) is 17.4 Å². The molecule has 0 saturated carbocycles. The molecule has 0 aliphatic heterocycles. The molecule has 1 atom stereocenters. The van der Waals surface area contributed by atoms with E-state index in [2.05, 4.69) is 51.0 Å². The normalized spacial score (nSPS) is 11.5. The molecule has 0 saturated heterocycles. The molecule has 1 amide bonds. The Morgan fingerprint density at radius 3 is 1.70 bits per heavy atom. The number of ether oxygens (including phenoxy) is 3. The highest BCUT2D eigenvalue weighted by atomic mass is 79.9. The molecule has 0 aliphatic carbocycles. The molecule has 0 bridgehead atoms. The molecule has 5 rings (SSSR count). The summed E-state index contributed by atoms with van der Waals surface area (Å²) in [6.45, 7) is 5.36. The number of alkyl halides is 3. The number of unbranched alkanes of at least 4 members (excludes halogenated alkanes) is 8. The van der Waals surface area contributed by atoms with Gasteiger partial charge in [-0.3, -0.25) is 4.79 Å². The highest BCUT2D eigenvalue weighted by Crippen LogP contribution is 2.36. The number of carboxylic acid groups (broad SMARTS) is 2. The van der Waals surface area contributed by atoms with Crippen molar-refractivity contribution in [1.82, 2.24) is 5.32 Å². The molecule has 0 aromatic heterocycles. The Bertz CT molecular complexity index is 2250. The second-order valence-corrected chi connectivity index (χ2v) is 16.8. The maximum Gasteiger partial charge on any atom is 0.416 e. The minimum absolute atomic E-state index is 0.0344. The van der Waals surface area contributed by atoms with Crippen LogP contribution < -0.4 is 19.5 Å². The van der Waals surface area contributed by atoms with Gasteiger partial charge in [-0.1, -0.05) is 140 Å². The van der Waals surface area contributed by atoms with Crippen molar-refractivity contribution in [2.45, 2.75) is 96.7 Å². The van der Waals surface area contributed by atoms with E-state index < -0.39 is 35.6 Å². The van der Waals surface area contributed by atoms with Crippen LogP contribution in [0.15, 0.2) is 118 Å². The largest absolute Gasteiger partial charge is 0.493 e. The molecule has 0 aliphatic rings. The number of para-hydroxylation sites is 1. The lowest BCUT2D eigenvalue weighted by Gasteiger charge is -2.17. The first-order chi connectivity index (χ1) is 30.7. The van der Waals surface area contributed by atoms with Crippen LogP contribution in [0.5, 0.6) is 23.0 Å². The molecule has 342 valence electrons. The summed E-state index contributed by atoms with van der Waals surface area (Å²) >= 11 is 6.64. The smallest absolute Gasteiger partial charge is 0.416 e. The second-order valence-electron chi connectivity index (χ2n) is 15.0. The van der Waals surface area contributed by atoms with E-state index in [0.717, 1.165) is 60.7 Å². The number of aliphatic carboxylic acids is 1. The number of carboxylic acids is 2. The lowest BCUT2D eigenvalue weighted by atomic mass is 9.99. The number of aromatic carboxylic acids is 1.